The molecule has 7 nitrogen and oxygen atoms in total. The summed E-state index contributed by atoms with van der Waals surface area (Å²) in [4.78, 5) is 13.3. The molecule has 0 aliphatic carbocycles. The van der Waals surface area contributed by atoms with Gasteiger partial charge in [-0.3, -0.25) is 9.69 Å². The van der Waals surface area contributed by atoms with Crippen molar-refractivity contribution in [3.8, 4) is 0 Å². The lowest BCUT2D eigenvalue weighted by molar-refractivity contribution is -0.154. The topological polar surface area (TPSA) is 110 Å². The van der Waals surface area contributed by atoms with Crippen molar-refractivity contribution in [3.63, 3.8) is 0 Å². The van der Waals surface area contributed by atoms with Crippen molar-refractivity contribution in [1.82, 2.24) is 4.90 Å². The largest absolute Gasteiger partial charge is 0.464 e. The monoisotopic (exact) mass is 521 g/mol. The van der Waals surface area contributed by atoms with Crippen LogP contribution in [0, 0.1) is 0 Å². The third-order valence-corrected chi connectivity index (χ3v) is 5.80. The van der Waals surface area contributed by atoms with Gasteiger partial charge in [-0.15, -0.1) is 0 Å². The molecule has 0 radical (unpaired) electrons. The highest BCUT2D eigenvalue weighted by Gasteiger charge is 2.40. The van der Waals surface area contributed by atoms with Crippen LogP contribution in [0.25, 0.3) is 0 Å². The molecule has 1 aliphatic heterocycles. The Morgan fingerprint density at radius 3 is 2.00 bits per heavy atom. The van der Waals surface area contributed by atoms with Gasteiger partial charge < -0.3 is 25.2 Å². The van der Waals surface area contributed by atoms with Crippen molar-refractivity contribution in [3.05, 3.63) is 60.8 Å². The summed E-state index contributed by atoms with van der Waals surface area (Å²) in [6.45, 7) is 6.44. The molecule has 4 N–H and O–H groups in total. The third-order valence-electron chi connectivity index (χ3n) is 5.80. The molecule has 0 amide bonds. The minimum Gasteiger partial charge on any atom is -0.464 e. The van der Waals surface area contributed by atoms with Crippen molar-refractivity contribution in [1.29, 1.82) is 0 Å². The summed E-state index contributed by atoms with van der Waals surface area (Å²) >= 11 is 0. The number of aliphatic hydroxyl groups excluding tert-OH is 4. The van der Waals surface area contributed by atoms with Crippen LogP contribution in [0.2, 0.25) is 0 Å². The maximum absolute atomic E-state index is 11.7. The Hall–Kier alpha value is -2.03. The van der Waals surface area contributed by atoms with E-state index < -0.39 is 24.4 Å². The molecule has 0 aromatic heterocycles. The van der Waals surface area contributed by atoms with Crippen LogP contribution in [0.5, 0.6) is 0 Å². The lowest BCUT2D eigenvalue weighted by Crippen LogP contribution is -2.62. The van der Waals surface area contributed by atoms with Crippen LogP contribution in [-0.4, -0.2) is 82.0 Å². The average molecular weight is 522 g/mol. The van der Waals surface area contributed by atoms with Gasteiger partial charge in [0.2, 0.25) is 0 Å². The molecule has 0 saturated carbocycles. The van der Waals surface area contributed by atoms with Crippen LogP contribution in [0.3, 0.4) is 0 Å². The number of hydrogen-bond donors (Lipinski definition) is 4. The number of rotatable bonds is 16. The molecule has 1 rings (SSSR count). The first kappa shape index (κ1) is 35.0. The molecule has 37 heavy (non-hydrogen) atoms. The van der Waals surface area contributed by atoms with Crippen molar-refractivity contribution in [2.24, 2.45) is 0 Å². The van der Waals surface area contributed by atoms with Gasteiger partial charge >= 0.3 is 5.97 Å². The van der Waals surface area contributed by atoms with Gasteiger partial charge in [0, 0.05) is 19.5 Å². The summed E-state index contributed by atoms with van der Waals surface area (Å²) in [5.41, 5.74) is 0. The number of esters is 1. The van der Waals surface area contributed by atoms with Gasteiger partial charge in [0.05, 0.1) is 18.8 Å². The summed E-state index contributed by atoms with van der Waals surface area (Å²) in [6, 6.07) is -0.681. The molecule has 1 saturated heterocycles. The molecule has 1 heterocycles. The fourth-order valence-electron chi connectivity index (χ4n) is 3.65. The molecule has 212 valence electrons. The van der Waals surface area contributed by atoms with Gasteiger partial charge in [-0.05, 0) is 51.9 Å². The SMILES string of the molecule is C/C=C\C/C=C\CCCC(=O)OCCN1C[C@H](O)[C@@H](O)[C@H](O)[C@H]1CO.CC/C=C\C/C=C\C/C=C\CC. The number of ether oxygens (including phenoxy) is 1. The zero-order valence-corrected chi connectivity index (χ0v) is 23.1. The van der Waals surface area contributed by atoms with Gasteiger partial charge in [0.25, 0.3) is 0 Å². The summed E-state index contributed by atoms with van der Waals surface area (Å²) in [7, 11) is 0. The highest BCUT2D eigenvalue weighted by molar-refractivity contribution is 5.69. The van der Waals surface area contributed by atoms with Crippen molar-refractivity contribution >= 4 is 5.97 Å². The van der Waals surface area contributed by atoms with Crippen LogP contribution >= 0.6 is 0 Å². The van der Waals surface area contributed by atoms with E-state index in [1.807, 2.05) is 19.1 Å². The minimum atomic E-state index is -1.28. The number of aliphatic hydroxyl groups is 4. The maximum Gasteiger partial charge on any atom is 0.305 e. The molecular weight excluding hydrogens is 470 g/mol. The predicted molar refractivity (Wildman–Crippen MR) is 151 cm³/mol. The average Bonchev–Trinajstić information content (AvgIpc) is 2.89. The fourth-order valence-corrected chi connectivity index (χ4v) is 3.65. The lowest BCUT2D eigenvalue weighted by Gasteiger charge is -2.42. The third kappa shape index (κ3) is 18.0. The Morgan fingerprint density at radius 1 is 0.865 bits per heavy atom. The number of carbonyl (C=O) groups is 1. The molecule has 1 aliphatic rings. The van der Waals surface area contributed by atoms with E-state index in [2.05, 4.69) is 62.5 Å². The Kier molecular flexibility index (Phi) is 23.0. The number of likely N-dealkylation sites (tertiary alicyclic amines) is 1. The second kappa shape index (κ2) is 24.3. The minimum absolute atomic E-state index is 0.109. The van der Waals surface area contributed by atoms with Crippen molar-refractivity contribution in [2.45, 2.75) is 96.5 Å². The van der Waals surface area contributed by atoms with Crippen LogP contribution in [-0.2, 0) is 9.53 Å². The van der Waals surface area contributed by atoms with Crippen LogP contribution < -0.4 is 0 Å². The molecule has 0 unspecified atom stereocenters. The molecule has 0 aromatic carbocycles. The first-order valence-electron chi connectivity index (χ1n) is 13.7. The molecule has 0 aromatic rings. The van der Waals surface area contributed by atoms with Gasteiger partial charge in [0.1, 0.15) is 18.8 Å². The van der Waals surface area contributed by atoms with E-state index >= 15 is 0 Å². The fraction of sp³-hybridized carbons (Fsp3) is 0.633. The number of hydrogen-bond acceptors (Lipinski definition) is 7. The van der Waals surface area contributed by atoms with Crippen LogP contribution in [0.1, 0.15) is 72.1 Å². The van der Waals surface area contributed by atoms with Crippen LogP contribution in [0.15, 0.2) is 60.8 Å². The number of nitrogens with zero attached hydrogens (tertiary/aromatic N) is 1. The second-order valence-electron chi connectivity index (χ2n) is 8.88. The first-order valence-corrected chi connectivity index (χ1v) is 13.7. The highest BCUT2D eigenvalue weighted by atomic mass is 16.5. The molecular formula is C30H51NO6. The maximum atomic E-state index is 11.7. The van der Waals surface area contributed by atoms with Gasteiger partial charge in [-0.1, -0.05) is 74.6 Å². The Bertz CT molecular complexity index is 682. The van der Waals surface area contributed by atoms with Gasteiger partial charge in [0.15, 0.2) is 0 Å². The smallest absolute Gasteiger partial charge is 0.305 e. The first-order chi connectivity index (χ1) is 17.9. The van der Waals surface area contributed by atoms with Crippen LogP contribution in [0.4, 0.5) is 0 Å². The molecule has 0 bridgehead atoms. The summed E-state index contributed by atoms with van der Waals surface area (Å²) in [5, 5.41) is 38.6. The summed E-state index contributed by atoms with van der Waals surface area (Å²) in [5.74, 6) is -0.291. The van der Waals surface area contributed by atoms with E-state index in [1.165, 1.54) is 0 Å². The Morgan fingerprint density at radius 2 is 1.43 bits per heavy atom. The second-order valence-corrected chi connectivity index (χ2v) is 8.88. The summed E-state index contributed by atoms with van der Waals surface area (Å²) in [6.07, 6.45) is 25.0. The molecule has 4 atom stereocenters. The molecule has 7 heteroatoms. The predicted octanol–water partition coefficient (Wildman–Crippen LogP) is 4.24. The van der Waals surface area contributed by atoms with E-state index in [1.54, 1.807) is 4.90 Å². The number of piperidine rings is 1. The van der Waals surface area contributed by atoms with E-state index in [9.17, 15) is 25.2 Å². The van der Waals surface area contributed by atoms with Crippen molar-refractivity contribution < 1.29 is 30.0 Å². The van der Waals surface area contributed by atoms with E-state index in [0.717, 1.165) is 44.9 Å². The lowest BCUT2D eigenvalue weighted by atomic mass is 9.94. The zero-order chi connectivity index (χ0) is 27.7. The Balaban J connectivity index is 0.000000908. The zero-order valence-electron chi connectivity index (χ0n) is 23.1. The highest BCUT2D eigenvalue weighted by Crippen LogP contribution is 2.18. The molecule has 1 fully saturated rings. The van der Waals surface area contributed by atoms with E-state index in [4.69, 9.17) is 4.74 Å². The quantitative estimate of drug-likeness (QED) is 0.137. The number of β-amino-alcohol motifs (C(OH)–C–C–N with tert-alkyl or cyclic N) is 1. The number of allylic oxidation sites excluding steroid dienone is 10. The van der Waals surface area contributed by atoms with Crippen molar-refractivity contribution in [2.75, 3.05) is 26.3 Å². The number of carbonyl (C=O) groups excluding carboxylic acids is 1. The standard InChI is InChI=1S/C18H31NO6.C12H20/c1-2-3-4-5-6-7-8-9-16(22)25-11-10-19-12-15(21)18(24)17(23)14(19)13-20;1-3-5-7-9-11-12-10-8-6-4-2/h2-3,5-6,14-15,17-18,20-21,23-24H,4,7-13H2,1H3;5-8,11-12H,3-4,9-10H2,1-2H3/b3-2-,6-5-;7-5-,8-6-,12-11-/t14-,15+,17-,18-;/m1./s1. The summed E-state index contributed by atoms with van der Waals surface area (Å²) < 4.78 is 5.16. The van der Waals surface area contributed by atoms with Gasteiger partial charge in [-0.2, -0.15) is 0 Å². The van der Waals surface area contributed by atoms with E-state index in [-0.39, 0.29) is 32.3 Å². The van der Waals surface area contributed by atoms with E-state index in [0.29, 0.717) is 6.42 Å². The van der Waals surface area contributed by atoms with Gasteiger partial charge in [-0.25, -0.2) is 0 Å². The normalized spacial score (nSPS) is 23.0. The number of unbranched alkanes of at least 4 members (excludes halogenated alkanes) is 1. The molecule has 0 spiro atoms. The Labute approximate surface area is 224 Å².